The molecule has 8 nitrogen and oxygen atoms in total. The first-order valence-electron chi connectivity index (χ1n) is 7.34. The lowest BCUT2D eigenvalue weighted by Gasteiger charge is -2.36. The normalized spacial score (nSPS) is 20.8. The second kappa shape index (κ2) is 7.08. The molecule has 2 unspecified atom stereocenters. The summed E-state index contributed by atoms with van der Waals surface area (Å²) >= 11 is 0. The number of primary amides is 1. The molecule has 1 heterocycles. The van der Waals surface area contributed by atoms with Gasteiger partial charge in [-0.1, -0.05) is 0 Å². The van der Waals surface area contributed by atoms with E-state index in [1.54, 1.807) is 4.90 Å². The third-order valence-electron chi connectivity index (χ3n) is 4.01. The lowest BCUT2D eigenvalue weighted by atomic mass is 9.93. The smallest absolute Gasteiger partial charge is 0.269 e. The van der Waals surface area contributed by atoms with E-state index in [0.29, 0.717) is 18.7 Å². The van der Waals surface area contributed by atoms with Crippen LogP contribution in [0, 0.1) is 16.0 Å². The van der Waals surface area contributed by atoms with Crippen LogP contribution in [0.3, 0.4) is 0 Å². The van der Waals surface area contributed by atoms with Crippen molar-refractivity contribution in [1.29, 1.82) is 0 Å². The highest BCUT2D eigenvalue weighted by Gasteiger charge is 2.31. The number of carbonyl (C=O) groups is 2. The second-order valence-corrected chi connectivity index (χ2v) is 5.61. The van der Waals surface area contributed by atoms with E-state index in [1.807, 2.05) is 6.92 Å². The number of hydrogen-bond acceptors (Lipinski definition) is 5. The molecule has 2 N–H and O–H groups in total. The molecule has 0 radical (unpaired) electrons. The van der Waals surface area contributed by atoms with Crippen LogP contribution in [0.4, 0.5) is 5.69 Å². The summed E-state index contributed by atoms with van der Waals surface area (Å²) in [6.45, 7) is 2.04. The summed E-state index contributed by atoms with van der Waals surface area (Å²) in [6, 6.07) is 5.53. The molecular formula is C15H19N3O5. The van der Waals surface area contributed by atoms with Crippen LogP contribution in [0.1, 0.15) is 19.8 Å². The van der Waals surface area contributed by atoms with E-state index in [9.17, 15) is 19.7 Å². The summed E-state index contributed by atoms with van der Waals surface area (Å²) in [4.78, 5) is 35.2. The number of likely N-dealkylation sites (tertiary alicyclic amines) is 1. The van der Waals surface area contributed by atoms with Crippen LogP contribution in [-0.2, 0) is 9.59 Å². The Bertz CT molecular complexity index is 602. The van der Waals surface area contributed by atoms with Crippen LogP contribution in [0.25, 0.3) is 0 Å². The Labute approximate surface area is 133 Å². The van der Waals surface area contributed by atoms with Gasteiger partial charge in [0.05, 0.1) is 10.8 Å². The van der Waals surface area contributed by atoms with Crippen LogP contribution in [-0.4, -0.2) is 40.8 Å². The van der Waals surface area contributed by atoms with Crippen molar-refractivity contribution in [2.75, 3.05) is 13.2 Å². The molecule has 23 heavy (non-hydrogen) atoms. The van der Waals surface area contributed by atoms with Crippen LogP contribution in [0.15, 0.2) is 24.3 Å². The maximum Gasteiger partial charge on any atom is 0.269 e. The number of non-ortho nitro benzene ring substituents is 1. The largest absolute Gasteiger partial charge is 0.484 e. The minimum Gasteiger partial charge on any atom is -0.484 e. The average Bonchev–Trinajstić information content (AvgIpc) is 2.53. The Morgan fingerprint density at radius 1 is 1.35 bits per heavy atom. The highest BCUT2D eigenvalue weighted by atomic mass is 16.6. The van der Waals surface area contributed by atoms with E-state index in [0.717, 1.165) is 6.42 Å². The van der Waals surface area contributed by atoms with Gasteiger partial charge in [0.25, 0.3) is 11.6 Å². The summed E-state index contributed by atoms with van der Waals surface area (Å²) < 4.78 is 5.37. The Morgan fingerprint density at radius 2 is 2.00 bits per heavy atom. The van der Waals surface area contributed by atoms with Crippen LogP contribution < -0.4 is 10.5 Å². The van der Waals surface area contributed by atoms with Gasteiger partial charge in [0.15, 0.2) is 6.61 Å². The van der Waals surface area contributed by atoms with Crippen molar-refractivity contribution in [2.45, 2.75) is 25.8 Å². The number of carbonyl (C=O) groups excluding carboxylic acids is 2. The highest BCUT2D eigenvalue weighted by molar-refractivity contribution is 5.81. The standard InChI is InChI=1S/C15H19N3O5/c1-10-2-3-11(15(16)20)8-17(10)14(19)9-23-13-6-4-12(5-7-13)18(21)22/h4-7,10-11H,2-3,8-9H2,1H3,(H2,16,20). The summed E-state index contributed by atoms with van der Waals surface area (Å²) in [7, 11) is 0. The lowest BCUT2D eigenvalue weighted by molar-refractivity contribution is -0.384. The molecule has 0 aromatic heterocycles. The first-order chi connectivity index (χ1) is 10.9. The van der Waals surface area contributed by atoms with Gasteiger partial charge >= 0.3 is 0 Å². The minimum absolute atomic E-state index is 0.0264. The molecule has 0 aliphatic carbocycles. The fourth-order valence-electron chi connectivity index (χ4n) is 2.58. The van der Waals surface area contributed by atoms with E-state index in [2.05, 4.69) is 0 Å². The number of nitro benzene ring substituents is 1. The van der Waals surface area contributed by atoms with Crippen molar-refractivity contribution in [1.82, 2.24) is 4.90 Å². The zero-order valence-electron chi connectivity index (χ0n) is 12.8. The maximum atomic E-state index is 12.3. The first-order valence-corrected chi connectivity index (χ1v) is 7.34. The zero-order chi connectivity index (χ0) is 17.0. The van der Waals surface area contributed by atoms with E-state index in [1.165, 1.54) is 24.3 Å². The summed E-state index contributed by atoms with van der Waals surface area (Å²) in [5.74, 6) is -0.581. The number of piperidine rings is 1. The van der Waals surface area contributed by atoms with Crippen molar-refractivity contribution in [3.63, 3.8) is 0 Å². The van der Waals surface area contributed by atoms with E-state index >= 15 is 0 Å². The van der Waals surface area contributed by atoms with Crippen molar-refractivity contribution < 1.29 is 19.2 Å². The zero-order valence-corrected chi connectivity index (χ0v) is 12.8. The summed E-state index contributed by atoms with van der Waals surface area (Å²) in [5.41, 5.74) is 5.27. The fraction of sp³-hybridized carbons (Fsp3) is 0.467. The molecule has 2 rings (SSSR count). The van der Waals surface area contributed by atoms with Crippen LogP contribution >= 0.6 is 0 Å². The number of nitrogens with zero attached hydrogens (tertiary/aromatic N) is 2. The lowest BCUT2D eigenvalue weighted by Crippen LogP contribution is -2.50. The Morgan fingerprint density at radius 3 is 2.57 bits per heavy atom. The Balaban J connectivity index is 1.92. The minimum atomic E-state index is -0.506. The third kappa shape index (κ3) is 4.18. The van der Waals surface area contributed by atoms with Gasteiger partial charge in [-0.3, -0.25) is 19.7 Å². The predicted octanol–water partition coefficient (Wildman–Crippen LogP) is 1.09. The van der Waals surface area contributed by atoms with Gasteiger partial charge in [-0.05, 0) is 31.9 Å². The average molecular weight is 321 g/mol. The molecule has 124 valence electrons. The summed E-state index contributed by atoms with van der Waals surface area (Å²) in [6.07, 6.45) is 1.40. The molecule has 1 aromatic carbocycles. The predicted molar refractivity (Wildman–Crippen MR) is 81.7 cm³/mol. The maximum absolute atomic E-state index is 12.3. The second-order valence-electron chi connectivity index (χ2n) is 5.61. The topological polar surface area (TPSA) is 116 Å². The molecule has 1 fully saturated rings. The van der Waals surface area contributed by atoms with Crippen molar-refractivity contribution in [2.24, 2.45) is 11.7 Å². The number of hydrogen-bond donors (Lipinski definition) is 1. The van der Waals surface area contributed by atoms with E-state index < -0.39 is 10.8 Å². The number of rotatable bonds is 5. The van der Waals surface area contributed by atoms with Crippen molar-refractivity contribution >= 4 is 17.5 Å². The fourth-order valence-corrected chi connectivity index (χ4v) is 2.58. The van der Waals surface area contributed by atoms with Gasteiger partial charge in [0, 0.05) is 24.7 Å². The molecule has 1 aliphatic rings. The third-order valence-corrected chi connectivity index (χ3v) is 4.01. The van der Waals surface area contributed by atoms with Crippen molar-refractivity contribution in [3.8, 4) is 5.75 Å². The van der Waals surface area contributed by atoms with Gasteiger partial charge in [-0.25, -0.2) is 0 Å². The molecule has 1 aromatic rings. The number of nitrogens with two attached hydrogens (primary N) is 1. The molecule has 0 saturated carbocycles. The van der Waals surface area contributed by atoms with Gasteiger partial charge in [0.1, 0.15) is 5.75 Å². The van der Waals surface area contributed by atoms with Gasteiger partial charge < -0.3 is 15.4 Å². The molecule has 1 aliphatic heterocycles. The SMILES string of the molecule is CC1CCC(C(N)=O)CN1C(=O)COc1ccc([N+](=O)[O-])cc1. The number of amides is 2. The molecule has 1 saturated heterocycles. The van der Waals surface area contributed by atoms with Crippen LogP contribution in [0.2, 0.25) is 0 Å². The highest BCUT2D eigenvalue weighted by Crippen LogP contribution is 2.22. The first kappa shape index (κ1) is 16.7. The quantitative estimate of drug-likeness (QED) is 0.643. The number of benzene rings is 1. The molecule has 2 amide bonds. The summed E-state index contributed by atoms with van der Waals surface area (Å²) in [5, 5.41) is 10.6. The van der Waals surface area contributed by atoms with Crippen molar-refractivity contribution in [3.05, 3.63) is 34.4 Å². The van der Waals surface area contributed by atoms with Gasteiger partial charge in [0.2, 0.25) is 5.91 Å². The molecule has 0 bridgehead atoms. The number of nitro groups is 1. The molecular weight excluding hydrogens is 302 g/mol. The molecule has 2 atom stereocenters. The van der Waals surface area contributed by atoms with E-state index in [4.69, 9.17) is 10.5 Å². The van der Waals surface area contributed by atoms with Crippen LogP contribution in [0.5, 0.6) is 5.75 Å². The molecule has 0 spiro atoms. The Hall–Kier alpha value is -2.64. The Kier molecular flexibility index (Phi) is 5.15. The monoisotopic (exact) mass is 321 g/mol. The van der Waals surface area contributed by atoms with Gasteiger partial charge in [-0.15, -0.1) is 0 Å². The van der Waals surface area contributed by atoms with Gasteiger partial charge in [-0.2, -0.15) is 0 Å². The van der Waals surface area contributed by atoms with E-state index in [-0.39, 0.29) is 30.2 Å². The molecule has 8 heteroatoms. The number of ether oxygens (including phenoxy) is 1.